The number of halogens is 2. The van der Waals surface area contributed by atoms with E-state index in [0.29, 0.717) is 13.2 Å². The molecule has 0 amide bonds. The van der Waals surface area contributed by atoms with Gasteiger partial charge < -0.3 is 19.5 Å². The van der Waals surface area contributed by atoms with E-state index in [1.165, 1.54) is 12.0 Å². The second-order valence-electron chi connectivity index (χ2n) is 7.11. The third kappa shape index (κ3) is 9.69. The van der Waals surface area contributed by atoms with Crippen molar-refractivity contribution < 1.29 is 14.2 Å². The van der Waals surface area contributed by atoms with Crippen molar-refractivity contribution in [1.29, 1.82) is 0 Å². The number of hydrogen-bond acceptors (Lipinski definition) is 4. The molecule has 0 fully saturated rings. The summed E-state index contributed by atoms with van der Waals surface area (Å²) in [4.78, 5) is 0. The Morgan fingerprint density at radius 3 is 2.37 bits per heavy atom. The van der Waals surface area contributed by atoms with Crippen molar-refractivity contribution in [3.8, 4) is 11.5 Å². The van der Waals surface area contributed by atoms with Gasteiger partial charge in [0.1, 0.15) is 6.61 Å². The summed E-state index contributed by atoms with van der Waals surface area (Å²) in [5, 5.41) is 3.47. The van der Waals surface area contributed by atoms with E-state index in [1.54, 1.807) is 0 Å². The van der Waals surface area contributed by atoms with Crippen molar-refractivity contribution in [3.05, 3.63) is 57.6 Å². The molecule has 0 saturated carbocycles. The third-order valence-electron chi connectivity index (χ3n) is 4.49. The summed E-state index contributed by atoms with van der Waals surface area (Å²) in [7, 11) is 0. The first-order valence-corrected chi connectivity index (χ1v) is 11.3. The molecule has 0 aliphatic rings. The number of rotatable bonds is 14. The molecule has 0 aliphatic heterocycles. The van der Waals surface area contributed by atoms with Gasteiger partial charge in [0.15, 0.2) is 11.5 Å². The minimum atomic E-state index is 0. The highest BCUT2D eigenvalue weighted by molar-refractivity contribution is 9.10. The number of ether oxygens (including phenoxy) is 3. The molecule has 0 unspecified atom stereocenters. The monoisotopic (exact) mass is 499 g/mol. The van der Waals surface area contributed by atoms with Crippen LogP contribution in [-0.4, -0.2) is 26.4 Å². The van der Waals surface area contributed by atoms with Gasteiger partial charge in [0, 0.05) is 19.8 Å². The number of aryl methyl sites for hydroxylation is 1. The maximum absolute atomic E-state index is 6.08. The number of benzene rings is 2. The molecular formula is C24H35BrClNO3. The van der Waals surface area contributed by atoms with Gasteiger partial charge in [-0.05, 0) is 72.4 Å². The highest BCUT2D eigenvalue weighted by atomic mass is 79.9. The molecule has 6 heteroatoms. The van der Waals surface area contributed by atoms with Crippen LogP contribution in [0.4, 0.5) is 0 Å². The van der Waals surface area contributed by atoms with Crippen molar-refractivity contribution in [2.45, 2.75) is 53.2 Å². The van der Waals surface area contributed by atoms with Gasteiger partial charge in [-0.15, -0.1) is 12.4 Å². The Morgan fingerprint density at radius 1 is 0.933 bits per heavy atom. The molecule has 168 valence electrons. The van der Waals surface area contributed by atoms with Crippen molar-refractivity contribution in [3.63, 3.8) is 0 Å². The molecule has 2 aromatic rings. The number of nitrogens with one attached hydrogen (secondary N) is 1. The average molecular weight is 501 g/mol. The van der Waals surface area contributed by atoms with Crippen LogP contribution in [0.3, 0.4) is 0 Å². The Labute approximate surface area is 196 Å². The lowest BCUT2D eigenvalue weighted by Gasteiger charge is -2.16. The predicted molar refractivity (Wildman–Crippen MR) is 130 cm³/mol. The number of hydrogen-bond donors (Lipinski definition) is 1. The van der Waals surface area contributed by atoms with Gasteiger partial charge in [0.2, 0.25) is 0 Å². The summed E-state index contributed by atoms with van der Waals surface area (Å²) in [6.45, 7) is 10.7. The zero-order chi connectivity index (χ0) is 20.9. The lowest BCUT2D eigenvalue weighted by molar-refractivity contribution is 0.129. The van der Waals surface area contributed by atoms with E-state index in [1.807, 2.05) is 6.92 Å². The largest absolute Gasteiger partial charge is 0.490 e. The molecule has 0 aliphatic carbocycles. The molecule has 1 N–H and O–H groups in total. The molecule has 2 rings (SSSR count). The second kappa shape index (κ2) is 15.5. The van der Waals surface area contributed by atoms with Crippen molar-refractivity contribution in [2.75, 3.05) is 26.4 Å². The SMILES string of the molecule is CCCCOCCCNCc1cc(Br)c(OCc2ccc(C)cc2)c(OCC)c1.Cl. The molecule has 30 heavy (non-hydrogen) atoms. The van der Waals surface area contributed by atoms with Crippen molar-refractivity contribution >= 4 is 28.3 Å². The summed E-state index contributed by atoms with van der Waals surface area (Å²) in [6, 6.07) is 12.5. The Balaban J connectivity index is 0.00000450. The maximum Gasteiger partial charge on any atom is 0.175 e. The van der Waals surface area contributed by atoms with E-state index < -0.39 is 0 Å². The van der Waals surface area contributed by atoms with E-state index in [-0.39, 0.29) is 12.4 Å². The van der Waals surface area contributed by atoms with Gasteiger partial charge >= 0.3 is 0 Å². The molecule has 4 nitrogen and oxygen atoms in total. The van der Waals surface area contributed by atoms with E-state index in [0.717, 1.165) is 66.2 Å². The summed E-state index contributed by atoms with van der Waals surface area (Å²) in [5.74, 6) is 1.52. The van der Waals surface area contributed by atoms with Crippen LogP contribution in [0.5, 0.6) is 11.5 Å². The zero-order valence-electron chi connectivity index (χ0n) is 18.3. The van der Waals surface area contributed by atoms with Crippen LogP contribution in [0, 0.1) is 6.92 Å². The zero-order valence-corrected chi connectivity index (χ0v) is 20.7. The maximum atomic E-state index is 6.08. The van der Waals surface area contributed by atoms with Gasteiger partial charge in [-0.2, -0.15) is 0 Å². The van der Waals surface area contributed by atoms with Gasteiger partial charge in [0.25, 0.3) is 0 Å². The van der Waals surface area contributed by atoms with E-state index in [2.05, 4.69) is 71.5 Å². The first-order chi connectivity index (χ1) is 14.1. The van der Waals surface area contributed by atoms with Crippen molar-refractivity contribution in [2.24, 2.45) is 0 Å². The van der Waals surface area contributed by atoms with Gasteiger partial charge in [0.05, 0.1) is 11.1 Å². The van der Waals surface area contributed by atoms with Crippen LogP contribution < -0.4 is 14.8 Å². The van der Waals surface area contributed by atoms with E-state index >= 15 is 0 Å². The molecule has 0 saturated heterocycles. The highest BCUT2D eigenvalue weighted by Gasteiger charge is 2.12. The smallest absolute Gasteiger partial charge is 0.175 e. The topological polar surface area (TPSA) is 39.7 Å². The fourth-order valence-corrected chi connectivity index (χ4v) is 3.45. The normalized spacial score (nSPS) is 10.5. The van der Waals surface area contributed by atoms with Crippen LogP contribution in [0.1, 0.15) is 49.8 Å². The molecule has 0 spiro atoms. The van der Waals surface area contributed by atoms with Crippen molar-refractivity contribution in [1.82, 2.24) is 5.32 Å². The first-order valence-electron chi connectivity index (χ1n) is 10.6. The van der Waals surface area contributed by atoms with Crippen LogP contribution >= 0.6 is 28.3 Å². The first kappa shape index (κ1) is 26.8. The second-order valence-corrected chi connectivity index (χ2v) is 7.96. The molecule has 0 bridgehead atoms. The Morgan fingerprint density at radius 2 is 1.67 bits per heavy atom. The molecule has 0 aromatic heterocycles. The van der Waals surface area contributed by atoms with Gasteiger partial charge in [-0.25, -0.2) is 0 Å². The van der Waals surface area contributed by atoms with Crippen LogP contribution in [0.2, 0.25) is 0 Å². The minimum Gasteiger partial charge on any atom is -0.490 e. The standard InChI is InChI=1S/C24H34BrNO3.ClH/c1-4-6-13-27-14-7-12-26-17-21-15-22(25)24(23(16-21)28-5-2)29-18-20-10-8-19(3)9-11-20;/h8-11,15-16,26H,4-7,12-14,17-18H2,1-3H3;1H. The molecular weight excluding hydrogens is 466 g/mol. The Kier molecular flexibility index (Phi) is 13.8. The average Bonchev–Trinajstić information content (AvgIpc) is 2.71. The molecule has 2 aromatic carbocycles. The molecule has 0 heterocycles. The molecule has 0 atom stereocenters. The highest BCUT2D eigenvalue weighted by Crippen LogP contribution is 2.37. The molecule has 0 radical (unpaired) electrons. The summed E-state index contributed by atoms with van der Waals surface area (Å²) >= 11 is 3.66. The van der Waals surface area contributed by atoms with Crippen LogP contribution in [0.25, 0.3) is 0 Å². The summed E-state index contributed by atoms with van der Waals surface area (Å²) < 4.78 is 18.4. The summed E-state index contributed by atoms with van der Waals surface area (Å²) in [5.41, 5.74) is 3.54. The fourth-order valence-electron chi connectivity index (χ4n) is 2.85. The lowest BCUT2D eigenvalue weighted by atomic mass is 10.1. The van der Waals surface area contributed by atoms with E-state index in [9.17, 15) is 0 Å². The quantitative estimate of drug-likeness (QED) is 0.302. The fraction of sp³-hybridized carbons (Fsp3) is 0.500. The van der Waals surface area contributed by atoms with Gasteiger partial charge in [-0.3, -0.25) is 0 Å². The third-order valence-corrected chi connectivity index (χ3v) is 5.08. The number of unbranched alkanes of at least 4 members (excludes halogenated alkanes) is 1. The van der Waals surface area contributed by atoms with E-state index in [4.69, 9.17) is 14.2 Å². The van der Waals surface area contributed by atoms with Crippen LogP contribution in [0.15, 0.2) is 40.9 Å². The Bertz CT molecular complexity index is 725. The minimum absolute atomic E-state index is 0. The van der Waals surface area contributed by atoms with Crippen LogP contribution in [-0.2, 0) is 17.9 Å². The lowest BCUT2D eigenvalue weighted by Crippen LogP contribution is -2.16. The predicted octanol–water partition coefficient (Wildman–Crippen LogP) is 6.45. The Hall–Kier alpha value is -1.27. The summed E-state index contributed by atoms with van der Waals surface area (Å²) in [6.07, 6.45) is 3.33. The van der Waals surface area contributed by atoms with Gasteiger partial charge in [-0.1, -0.05) is 43.2 Å².